The van der Waals surface area contributed by atoms with Crippen molar-refractivity contribution in [3.8, 4) is 11.5 Å². The van der Waals surface area contributed by atoms with Gasteiger partial charge in [0.05, 0.1) is 24.8 Å². The molecule has 1 amide bonds. The highest BCUT2D eigenvalue weighted by atomic mass is 16.5. The molecule has 1 aliphatic heterocycles. The Balaban J connectivity index is 1.77. The van der Waals surface area contributed by atoms with Gasteiger partial charge in [-0.1, -0.05) is 69.7 Å². The molecule has 1 unspecified atom stereocenters. The van der Waals surface area contributed by atoms with E-state index < -0.39 is 17.7 Å². The summed E-state index contributed by atoms with van der Waals surface area (Å²) in [5.41, 5.74) is 4.12. The molecule has 1 heterocycles. The van der Waals surface area contributed by atoms with Crippen LogP contribution in [0.5, 0.6) is 11.5 Å². The summed E-state index contributed by atoms with van der Waals surface area (Å²) in [6, 6.07) is 20.0. The predicted molar refractivity (Wildman–Crippen MR) is 158 cm³/mol. The second kappa shape index (κ2) is 12.4. The van der Waals surface area contributed by atoms with Gasteiger partial charge in [-0.2, -0.15) is 0 Å². The molecule has 6 nitrogen and oxygen atoms in total. The van der Waals surface area contributed by atoms with Gasteiger partial charge in [0.15, 0.2) is 0 Å². The van der Waals surface area contributed by atoms with E-state index in [0.717, 1.165) is 33.8 Å². The molecule has 1 aliphatic rings. The molecule has 3 aromatic rings. The van der Waals surface area contributed by atoms with Crippen LogP contribution in [0, 0.1) is 12.8 Å². The minimum absolute atomic E-state index is 0.0892. The Hall–Kier alpha value is -4.06. The number of amides is 1. The van der Waals surface area contributed by atoms with E-state index in [-0.39, 0.29) is 23.8 Å². The molecule has 0 aromatic heterocycles. The van der Waals surface area contributed by atoms with Gasteiger partial charge in [-0.25, -0.2) is 0 Å². The van der Waals surface area contributed by atoms with Crippen LogP contribution >= 0.6 is 0 Å². The molecule has 0 aliphatic carbocycles. The number of carbonyl (C=O) groups is 2. The smallest absolute Gasteiger partial charge is 0.295 e. The molecule has 1 fully saturated rings. The monoisotopic (exact) mass is 541 g/mol. The number of Topliss-reactive ketones (excluding diaryl/α,β-unsaturated/α-hetero) is 1. The molecule has 4 rings (SSSR count). The zero-order valence-corrected chi connectivity index (χ0v) is 24.2. The third-order valence-corrected chi connectivity index (χ3v) is 6.96. The van der Waals surface area contributed by atoms with E-state index in [1.807, 2.05) is 88.4 Å². The van der Waals surface area contributed by atoms with Gasteiger partial charge >= 0.3 is 0 Å². The zero-order valence-electron chi connectivity index (χ0n) is 24.2. The lowest BCUT2D eigenvalue weighted by atomic mass is 9.92. The molecule has 0 radical (unpaired) electrons. The second-order valence-electron chi connectivity index (χ2n) is 11.0. The number of carbonyl (C=O) groups excluding carboxylic acids is 2. The summed E-state index contributed by atoms with van der Waals surface area (Å²) in [5.74, 6) is 0.528. The lowest BCUT2D eigenvalue weighted by Crippen LogP contribution is -2.29. The van der Waals surface area contributed by atoms with Crippen molar-refractivity contribution in [3.63, 3.8) is 0 Å². The van der Waals surface area contributed by atoms with E-state index in [1.54, 1.807) is 11.0 Å². The molecular formula is C34H39NO5. The Bertz CT molecular complexity index is 1400. The summed E-state index contributed by atoms with van der Waals surface area (Å²) in [6.45, 7) is 13.5. The van der Waals surface area contributed by atoms with Crippen molar-refractivity contribution in [2.45, 2.75) is 60.0 Å². The molecule has 1 N–H and O–H groups in total. The van der Waals surface area contributed by atoms with E-state index in [2.05, 4.69) is 13.8 Å². The topological polar surface area (TPSA) is 76.1 Å². The Morgan fingerprint density at radius 1 is 0.950 bits per heavy atom. The third-order valence-electron chi connectivity index (χ3n) is 6.96. The van der Waals surface area contributed by atoms with Crippen LogP contribution in [-0.4, -0.2) is 34.9 Å². The van der Waals surface area contributed by atoms with E-state index in [1.165, 1.54) is 0 Å². The number of ketones is 1. The van der Waals surface area contributed by atoms with Crippen LogP contribution in [0.3, 0.4) is 0 Å². The number of aliphatic hydroxyl groups is 1. The molecule has 6 heteroatoms. The van der Waals surface area contributed by atoms with Crippen molar-refractivity contribution in [1.82, 2.24) is 4.90 Å². The maximum atomic E-state index is 13.5. The van der Waals surface area contributed by atoms with Crippen molar-refractivity contribution >= 4 is 17.4 Å². The van der Waals surface area contributed by atoms with Crippen molar-refractivity contribution in [2.24, 2.45) is 5.92 Å². The number of hydrogen-bond donors (Lipinski definition) is 1. The number of nitrogens with zero attached hydrogens (tertiary/aromatic N) is 1. The van der Waals surface area contributed by atoms with Crippen molar-refractivity contribution in [2.75, 3.05) is 13.2 Å². The number of rotatable bonds is 10. The molecule has 1 saturated heterocycles. The van der Waals surface area contributed by atoms with Crippen LogP contribution in [-0.2, 0) is 16.1 Å². The first-order valence-corrected chi connectivity index (χ1v) is 13.9. The fraction of sp³-hybridized carbons (Fsp3) is 0.353. The largest absolute Gasteiger partial charge is 0.507 e. The Labute approximate surface area is 237 Å². The maximum absolute atomic E-state index is 13.5. The molecule has 1 atom stereocenters. The van der Waals surface area contributed by atoms with E-state index in [9.17, 15) is 14.7 Å². The van der Waals surface area contributed by atoms with E-state index in [0.29, 0.717) is 24.7 Å². The van der Waals surface area contributed by atoms with Crippen LogP contribution in [0.25, 0.3) is 5.76 Å². The lowest BCUT2D eigenvalue weighted by Gasteiger charge is -2.26. The Morgan fingerprint density at radius 3 is 2.30 bits per heavy atom. The number of benzene rings is 3. The second-order valence-corrected chi connectivity index (χ2v) is 11.0. The standard InChI is InChI=1S/C34H39NO5/c1-7-39-29-16-13-26(18-28(29)22(4)5)32(36)30-31(25-10-8-9-23(6)17-25)35(34(38)33(30)37)19-24-11-14-27(15-12-24)40-20-21(2)3/h8-18,21-22,31,36H,7,19-20H2,1-6H3/b32-30-. The summed E-state index contributed by atoms with van der Waals surface area (Å²) in [6.07, 6.45) is 0. The number of aryl methyl sites for hydroxylation is 1. The zero-order chi connectivity index (χ0) is 29.0. The number of aliphatic hydroxyl groups excluding tert-OH is 1. The van der Waals surface area contributed by atoms with Crippen LogP contribution in [0.2, 0.25) is 0 Å². The summed E-state index contributed by atoms with van der Waals surface area (Å²) in [4.78, 5) is 28.5. The third kappa shape index (κ3) is 6.22. The minimum atomic E-state index is -0.731. The Kier molecular flexibility index (Phi) is 8.98. The van der Waals surface area contributed by atoms with E-state index >= 15 is 0 Å². The predicted octanol–water partition coefficient (Wildman–Crippen LogP) is 7.17. The highest BCUT2D eigenvalue weighted by Gasteiger charge is 2.46. The molecule has 210 valence electrons. The summed E-state index contributed by atoms with van der Waals surface area (Å²) >= 11 is 0. The van der Waals surface area contributed by atoms with Gasteiger partial charge in [0, 0.05) is 12.1 Å². The summed E-state index contributed by atoms with van der Waals surface area (Å²) < 4.78 is 11.6. The molecule has 0 spiro atoms. The number of likely N-dealkylation sites (tertiary alicyclic amines) is 1. The first kappa shape index (κ1) is 28.9. The van der Waals surface area contributed by atoms with E-state index in [4.69, 9.17) is 9.47 Å². The molecule has 0 saturated carbocycles. The molecule has 0 bridgehead atoms. The average molecular weight is 542 g/mol. The van der Waals surface area contributed by atoms with Gasteiger partial charge < -0.3 is 19.5 Å². The maximum Gasteiger partial charge on any atom is 0.295 e. The van der Waals surface area contributed by atoms with Crippen LogP contribution in [0.4, 0.5) is 0 Å². The first-order chi connectivity index (χ1) is 19.1. The fourth-order valence-corrected chi connectivity index (χ4v) is 4.97. The van der Waals surface area contributed by atoms with Gasteiger partial charge in [0.25, 0.3) is 11.7 Å². The van der Waals surface area contributed by atoms with Gasteiger partial charge in [-0.05, 0) is 72.7 Å². The minimum Gasteiger partial charge on any atom is -0.507 e. The van der Waals surface area contributed by atoms with Crippen LogP contribution in [0.15, 0.2) is 72.3 Å². The van der Waals surface area contributed by atoms with Gasteiger partial charge in [0.1, 0.15) is 17.3 Å². The van der Waals surface area contributed by atoms with Gasteiger partial charge in [-0.15, -0.1) is 0 Å². The van der Waals surface area contributed by atoms with Gasteiger partial charge in [-0.3, -0.25) is 9.59 Å². The SMILES string of the molecule is CCOc1ccc(/C(O)=C2/C(=O)C(=O)N(Cc3ccc(OCC(C)C)cc3)C2c2cccc(C)c2)cc1C(C)C. The molecule has 3 aromatic carbocycles. The lowest BCUT2D eigenvalue weighted by molar-refractivity contribution is -0.140. The highest BCUT2D eigenvalue weighted by Crippen LogP contribution is 2.41. The number of hydrogen-bond acceptors (Lipinski definition) is 5. The van der Waals surface area contributed by atoms with Crippen LogP contribution in [0.1, 0.15) is 74.4 Å². The molecular weight excluding hydrogens is 502 g/mol. The van der Waals surface area contributed by atoms with Crippen molar-refractivity contribution < 1.29 is 24.2 Å². The average Bonchev–Trinajstić information content (AvgIpc) is 3.17. The molecule has 40 heavy (non-hydrogen) atoms. The normalized spacial score (nSPS) is 16.7. The van der Waals surface area contributed by atoms with Crippen molar-refractivity contribution in [3.05, 3.63) is 100 Å². The summed E-state index contributed by atoms with van der Waals surface area (Å²) in [7, 11) is 0. The number of ether oxygens (including phenoxy) is 2. The van der Waals surface area contributed by atoms with Crippen LogP contribution < -0.4 is 9.47 Å². The van der Waals surface area contributed by atoms with Gasteiger partial charge in [0.2, 0.25) is 0 Å². The first-order valence-electron chi connectivity index (χ1n) is 13.9. The fourth-order valence-electron chi connectivity index (χ4n) is 4.97. The summed E-state index contributed by atoms with van der Waals surface area (Å²) in [5, 5.41) is 11.6. The van der Waals surface area contributed by atoms with Crippen molar-refractivity contribution in [1.29, 1.82) is 0 Å². The Morgan fingerprint density at radius 2 is 1.68 bits per heavy atom. The highest BCUT2D eigenvalue weighted by molar-refractivity contribution is 6.46. The quantitative estimate of drug-likeness (QED) is 0.167.